The van der Waals surface area contributed by atoms with Crippen molar-refractivity contribution in [3.05, 3.63) is 132 Å². The van der Waals surface area contributed by atoms with Crippen LogP contribution in [0.2, 0.25) is 0 Å². The zero-order chi connectivity index (χ0) is 25.5. The van der Waals surface area contributed by atoms with Gasteiger partial charge in [0.15, 0.2) is 0 Å². The topological polar surface area (TPSA) is 55.3 Å². The minimum absolute atomic E-state index is 0.128. The van der Waals surface area contributed by atoms with E-state index in [1.54, 1.807) is 6.20 Å². The second-order valence-corrected chi connectivity index (χ2v) is 8.87. The van der Waals surface area contributed by atoms with Crippen molar-refractivity contribution >= 4 is 16.9 Å². The Hall–Kier alpha value is -4.35. The Bertz CT molecular complexity index is 1460. The molecular weight excluding hydrogens is 458 g/mol. The number of nitrogens with zero attached hydrogens (tertiary/aromatic N) is 3. The summed E-state index contributed by atoms with van der Waals surface area (Å²) in [6, 6.07) is 34.4. The highest BCUT2D eigenvalue weighted by Gasteiger charge is 2.29. The molecule has 2 aromatic heterocycles. The van der Waals surface area contributed by atoms with Crippen LogP contribution in [0.25, 0.3) is 22.2 Å². The summed E-state index contributed by atoms with van der Waals surface area (Å²) in [5, 5.41) is 1.04. The lowest BCUT2D eigenvalue weighted by molar-refractivity contribution is -0.145. The molecule has 0 aliphatic rings. The van der Waals surface area contributed by atoms with E-state index in [0.717, 1.165) is 38.9 Å². The number of pyridine rings is 2. The third kappa shape index (κ3) is 5.74. The van der Waals surface area contributed by atoms with E-state index in [2.05, 4.69) is 52.3 Å². The van der Waals surface area contributed by atoms with Gasteiger partial charge in [0.05, 0.1) is 30.4 Å². The highest BCUT2D eigenvalue weighted by molar-refractivity contribution is 5.84. The van der Waals surface area contributed by atoms with Crippen LogP contribution in [0.5, 0.6) is 0 Å². The van der Waals surface area contributed by atoms with Crippen LogP contribution in [0.4, 0.5) is 0 Å². The predicted molar refractivity (Wildman–Crippen MR) is 147 cm³/mol. The normalized spacial score (nSPS) is 11.9. The number of fused-ring (bicyclic) bond motifs is 1. The zero-order valence-electron chi connectivity index (χ0n) is 20.8. The second-order valence-electron chi connectivity index (χ2n) is 8.87. The summed E-state index contributed by atoms with van der Waals surface area (Å²) in [7, 11) is 0. The summed E-state index contributed by atoms with van der Waals surface area (Å²) in [6.07, 6.45) is 3.64. The molecule has 184 valence electrons. The minimum atomic E-state index is -0.286. The molecule has 1 unspecified atom stereocenters. The van der Waals surface area contributed by atoms with Gasteiger partial charge in [-0.1, -0.05) is 84.9 Å². The lowest BCUT2D eigenvalue weighted by Crippen LogP contribution is -2.35. The fraction of sp³-hybridized carbons (Fsp3) is 0.156. The van der Waals surface area contributed by atoms with E-state index in [1.807, 2.05) is 73.8 Å². The average Bonchev–Trinajstić information content (AvgIpc) is 2.94. The van der Waals surface area contributed by atoms with Gasteiger partial charge in [0.2, 0.25) is 0 Å². The number of hydrogen-bond acceptors (Lipinski definition) is 5. The molecule has 0 amide bonds. The standard InChI is InChI=1S/C32H29N3O2/c1-2-37-30(36)23-35(22-24-12-5-3-6-13-24)32(27-17-11-19-33-21-27)28-20-26-16-9-10-18-29(26)34-31(28)25-14-7-4-8-15-25/h3-21,32H,2,22-23H2,1H3. The van der Waals surface area contributed by atoms with E-state index in [1.165, 1.54) is 0 Å². The van der Waals surface area contributed by atoms with Crippen molar-refractivity contribution in [2.75, 3.05) is 13.2 Å². The molecule has 5 rings (SSSR count). The quantitative estimate of drug-likeness (QED) is 0.224. The van der Waals surface area contributed by atoms with Gasteiger partial charge in [0, 0.05) is 35.5 Å². The number of carbonyl (C=O) groups excluding carboxylic acids is 1. The summed E-state index contributed by atoms with van der Waals surface area (Å²) in [5.74, 6) is -0.262. The Morgan fingerprint density at radius 1 is 0.892 bits per heavy atom. The van der Waals surface area contributed by atoms with Gasteiger partial charge < -0.3 is 4.74 Å². The second kappa shape index (κ2) is 11.6. The first-order valence-corrected chi connectivity index (χ1v) is 12.5. The lowest BCUT2D eigenvalue weighted by atomic mass is 9.92. The van der Waals surface area contributed by atoms with Gasteiger partial charge in [-0.05, 0) is 36.2 Å². The smallest absolute Gasteiger partial charge is 0.320 e. The maximum atomic E-state index is 12.9. The Balaban J connectivity index is 1.73. The van der Waals surface area contributed by atoms with Gasteiger partial charge in [-0.25, -0.2) is 4.98 Å². The molecule has 0 spiro atoms. The Morgan fingerprint density at radius 3 is 2.35 bits per heavy atom. The highest BCUT2D eigenvalue weighted by Crippen LogP contribution is 2.37. The van der Waals surface area contributed by atoms with E-state index in [-0.39, 0.29) is 18.6 Å². The molecule has 0 aliphatic heterocycles. The molecule has 2 heterocycles. The predicted octanol–water partition coefficient (Wildman–Crippen LogP) is 6.45. The van der Waals surface area contributed by atoms with Crippen LogP contribution in [0.15, 0.2) is 116 Å². The van der Waals surface area contributed by atoms with Gasteiger partial charge in [0.25, 0.3) is 0 Å². The fourth-order valence-electron chi connectivity index (χ4n) is 4.72. The molecule has 0 aliphatic carbocycles. The molecular formula is C32H29N3O2. The van der Waals surface area contributed by atoms with E-state index in [0.29, 0.717) is 13.2 Å². The summed E-state index contributed by atoms with van der Waals surface area (Å²) >= 11 is 0. The van der Waals surface area contributed by atoms with Crippen LogP contribution < -0.4 is 0 Å². The number of aromatic nitrogens is 2. The largest absolute Gasteiger partial charge is 0.465 e. The van der Waals surface area contributed by atoms with E-state index in [4.69, 9.17) is 9.72 Å². The van der Waals surface area contributed by atoms with E-state index >= 15 is 0 Å². The minimum Gasteiger partial charge on any atom is -0.465 e. The third-order valence-electron chi connectivity index (χ3n) is 6.33. The first-order valence-electron chi connectivity index (χ1n) is 12.5. The molecule has 1 atom stereocenters. The number of esters is 1. The third-order valence-corrected chi connectivity index (χ3v) is 6.33. The molecule has 0 N–H and O–H groups in total. The monoisotopic (exact) mass is 487 g/mol. The van der Waals surface area contributed by atoms with Gasteiger partial charge in [0.1, 0.15) is 0 Å². The summed E-state index contributed by atoms with van der Waals surface area (Å²) in [6.45, 7) is 2.85. The van der Waals surface area contributed by atoms with Crippen molar-refractivity contribution in [3.63, 3.8) is 0 Å². The Labute approximate surface area is 217 Å². The molecule has 0 bridgehead atoms. The maximum absolute atomic E-state index is 12.9. The summed E-state index contributed by atoms with van der Waals surface area (Å²) in [4.78, 5) is 24.6. The van der Waals surface area contributed by atoms with Crippen molar-refractivity contribution in [2.24, 2.45) is 0 Å². The van der Waals surface area contributed by atoms with E-state index < -0.39 is 0 Å². The van der Waals surface area contributed by atoms with E-state index in [9.17, 15) is 4.79 Å². The van der Waals surface area contributed by atoms with Crippen molar-refractivity contribution in [3.8, 4) is 11.3 Å². The molecule has 5 heteroatoms. The van der Waals surface area contributed by atoms with Crippen LogP contribution in [-0.2, 0) is 16.1 Å². The van der Waals surface area contributed by atoms with Crippen molar-refractivity contribution in [2.45, 2.75) is 19.5 Å². The molecule has 0 fully saturated rings. The van der Waals surface area contributed by atoms with Crippen molar-refractivity contribution < 1.29 is 9.53 Å². The molecule has 3 aromatic carbocycles. The number of para-hydroxylation sites is 1. The molecule has 37 heavy (non-hydrogen) atoms. The Morgan fingerprint density at radius 2 is 1.62 bits per heavy atom. The summed E-state index contributed by atoms with van der Waals surface area (Å²) < 4.78 is 5.41. The van der Waals surface area contributed by atoms with Gasteiger partial charge in [-0.15, -0.1) is 0 Å². The number of ether oxygens (including phenoxy) is 1. The fourth-order valence-corrected chi connectivity index (χ4v) is 4.72. The van der Waals surface area contributed by atoms with Crippen LogP contribution in [-0.4, -0.2) is 34.0 Å². The molecule has 0 saturated heterocycles. The SMILES string of the molecule is CCOC(=O)CN(Cc1ccccc1)C(c1cccnc1)c1cc2ccccc2nc1-c1ccccc1. The molecule has 0 radical (unpaired) electrons. The van der Waals surface area contributed by atoms with Crippen LogP contribution >= 0.6 is 0 Å². The number of benzene rings is 3. The van der Waals surface area contributed by atoms with Gasteiger partial charge in [-0.2, -0.15) is 0 Å². The highest BCUT2D eigenvalue weighted by atomic mass is 16.5. The summed E-state index contributed by atoms with van der Waals surface area (Å²) in [5.41, 5.74) is 5.93. The van der Waals surface area contributed by atoms with Crippen LogP contribution in [0.3, 0.4) is 0 Å². The first kappa shape index (κ1) is 24.3. The van der Waals surface area contributed by atoms with Crippen LogP contribution in [0, 0.1) is 0 Å². The average molecular weight is 488 g/mol. The number of rotatable bonds is 9. The maximum Gasteiger partial charge on any atom is 0.320 e. The first-order chi connectivity index (χ1) is 18.2. The molecule has 0 saturated carbocycles. The molecule has 5 nitrogen and oxygen atoms in total. The van der Waals surface area contributed by atoms with Gasteiger partial charge in [-0.3, -0.25) is 14.7 Å². The number of hydrogen-bond donors (Lipinski definition) is 0. The Kier molecular flexibility index (Phi) is 7.63. The number of carbonyl (C=O) groups is 1. The lowest BCUT2D eigenvalue weighted by Gasteiger charge is -2.33. The van der Waals surface area contributed by atoms with Crippen LogP contribution in [0.1, 0.15) is 29.7 Å². The zero-order valence-corrected chi connectivity index (χ0v) is 20.8. The molecule has 5 aromatic rings. The van der Waals surface area contributed by atoms with Gasteiger partial charge >= 0.3 is 5.97 Å². The van der Waals surface area contributed by atoms with Crippen molar-refractivity contribution in [1.29, 1.82) is 0 Å². The van der Waals surface area contributed by atoms with Crippen molar-refractivity contribution in [1.82, 2.24) is 14.9 Å².